The predicted molar refractivity (Wildman–Crippen MR) is 103 cm³/mol. The fourth-order valence-electron chi connectivity index (χ4n) is 2.96. The van der Waals surface area contributed by atoms with E-state index in [1.165, 1.54) is 11.8 Å². The summed E-state index contributed by atoms with van der Waals surface area (Å²) in [6.45, 7) is 1.87. The maximum Gasteiger partial charge on any atom is 0.261 e. The predicted octanol–water partition coefficient (Wildman–Crippen LogP) is 4.51. The highest BCUT2D eigenvalue weighted by atomic mass is 35.5. The van der Waals surface area contributed by atoms with Gasteiger partial charge in [-0.05, 0) is 30.2 Å². The fourth-order valence-corrected chi connectivity index (χ4v) is 3.98. The molecule has 0 N–H and O–H groups in total. The van der Waals surface area contributed by atoms with Crippen LogP contribution in [-0.4, -0.2) is 27.0 Å². The van der Waals surface area contributed by atoms with Gasteiger partial charge in [-0.1, -0.05) is 65.8 Å². The summed E-state index contributed by atoms with van der Waals surface area (Å²) < 4.78 is 0. The third-order valence-electron chi connectivity index (χ3n) is 4.30. The van der Waals surface area contributed by atoms with E-state index < -0.39 is 0 Å². The van der Waals surface area contributed by atoms with Crippen molar-refractivity contribution in [1.29, 1.82) is 0 Å². The zero-order chi connectivity index (χ0) is 17.4. The maximum atomic E-state index is 11.9. The molecule has 126 valence electrons. The topological polar surface area (TPSA) is 45.0 Å². The van der Waals surface area contributed by atoms with Crippen molar-refractivity contribution in [1.82, 2.24) is 5.01 Å². The molecule has 0 spiro atoms. The Morgan fingerprint density at radius 1 is 1.12 bits per heavy atom. The lowest BCUT2D eigenvalue weighted by Crippen LogP contribution is -2.24. The van der Waals surface area contributed by atoms with E-state index in [1.807, 2.05) is 54.4 Å². The number of hydrogen-bond donors (Lipinski definition) is 0. The van der Waals surface area contributed by atoms with Crippen LogP contribution in [0.15, 0.2) is 64.7 Å². The lowest BCUT2D eigenvalue weighted by molar-refractivity contribution is -0.116. The molecule has 2 unspecified atom stereocenters. The van der Waals surface area contributed by atoms with Gasteiger partial charge in [0.15, 0.2) is 5.17 Å². The monoisotopic (exact) mass is 369 g/mol. The van der Waals surface area contributed by atoms with Gasteiger partial charge in [-0.15, -0.1) is 0 Å². The number of carbonyl (C=O) groups excluding carboxylic acids is 1. The van der Waals surface area contributed by atoms with Crippen LogP contribution in [0.2, 0.25) is 5.02 Å². The lowest BCUT2D eigenvalue weighted by Gasteiger charge is -2.23. The number of carbonyl (C=O) groups is 1. The van der Waals surface area contributed by atoms with Gasteiger partial charge in [0, 0.05) is 11.4 Å². The number of amidine groups is 1. The van der Waals surface area contributed by atoms with Crippen molar-refractivity contribution in [3.05, 3.63) is 70.7 Å². The second kappa shape index (κ2) is 6.65. The van der Waals surface area contributed by atoms with E-state index >= 15 is 0 Å². The molecule has 2 aromatic rings. The van der Waals surface area contributed by atoms with Crippen molar-refractivity contribution in [3.63, 3.8) is 0 Å². The summed E-state index contributed by atoms with van der Waals surface area (Å²) in [5.41, 5.74) is 3.19. The second-order valence-electron chi connectivity index (χ2n) is 6.02. The first-order valence-corrected chi connectivity index (χ1v) is 9.34. The number of hydrogen-bond acceptors (Lipinski definition) is 4. The molecule has 2 atom stereocenters. The first-order chi connectivity index (χ1) is 12.1. The maximum absolute atomic E-state index is 11.9. The van der Waals surface area contributed by atoms with Gasteiger partial charge in [-0.2, -0.15) is 10.1 Å². The minimum Gasteiger partial charge on any atom is -0.271 e. The Bertz CT molecular complexity index is 864. The average Bonchev–Trinajstić information content (AvgIpc) is 3.21. The highest BCUT2D eigenvalue weighted by Gasteiger charge is 2.36. The first kappa shape index (κ1) is 16.4. The number of benzene rings is 2. The molecule has 2 aliphatic rings. The van der Waals surface area contributed by atoms with Crippen LogP contribution < -0.4 is 0 Å². The quantitative estimate of drug-likeness (QED) is 0.782. The number of thioether (sulfide) groups is 1. The van der Waals surface area contributed by atoms with Gasteiger partial charge in [-0.3, -0.25) is 4.79 Å². The molecule has 0 aromatic heterocycles. The van der Waals surface area contributed by atoms with Crippen LogP contribution in [0.25, 0.3) is 0 Å². The van der Waals surface area contributed by atoms with Crippen LogP contribution in [0, 0.1) is 0 Å². The van der Waals surface area contributed by atoms with E-state index in [2.05, 4.69) is 17.1 Å². The number of halogens is 1. The number of rotatable bonds is 2. The Kier molecular flexibility index (Phi) is 4.36. The van der Waals surface area contributed by atoms with Crippen molar-refractivity contribution in [2.24, 2.45) is 10.1 Å². The molecule has 0 bridgehead atoms. The van der Waals surface area contributed by atoms with E-state index in [0.717, 1.165) is 23.3 Å². The molecule has 1 amide bonds. The van der Waals surface area contributed by atoms with Crippen molar-refractivity contribution >= 4 is 40.1 Å². The fraction of sp³-hybridized carbons (Fsp3) is 0.211. The zero-order valence-electron chi connectivity index (χ0n) is 13.6. The largest absolute Gasteiger partial charge is 0.271 e. The van der Waals surface area contributed by atoms with Crippen LogP contribution in [-0.2, 0) is 4.79 Å². The van der Waals surface area contributed by atoms with Gasteiger partial charge in [0.05, 0.1) is 17.0 Å². The summed E-state index contributed by atoms with van der Waals surface area (Å²) in [4.78, 5) is 16.1. The van der Waals surface area contributed by atoms with E-state index in [0.29, 0.717) is 10.2 Å². The second-order valence-corrected chi connectivity index (χ2v) is 7.77. The third kappa shape index (κ3) is 3.22. The molecule has 4 nitrogen and oxygen atoms in total. The van der Waals surface area contributed by atoms with Gasteiger partial charge in [0.2, 0.25) is 0 Å². The Hall–Kier alpha value is -2.11. The molecule has 0 radical (unpaired) electrons. The van der Waals surface area contributed by atoms with Crippen molar-refractivity contribution in [2.75, 3.05) is 0 Å². The average molecular weight is 370 g/mol. The molecule has 2 aromatic carbocycles. The third-order valence-corrected chi connectivity index (χ3v) is 5.60. The van der Waals surface area contributed by atoms with Crippen LogP contribution in [0.3, 0.4) is 0 Å². The first-order valence-electron chi connectivity index (χ1n) is 8.08. The summed E-state index contributed by atoms with van der Waals surface area (Å²) in [6, 6.07) is 17.9. The molecule has 2 aliphatic heterocycles. The van der Waals surface area contributed by atoms with Crippen molar-refractivity contribution < 1.29 is 4.79 Å². The Morgan fingerprint density at radius 3 is 2.48 bits per heavy atom. The van der Waals surface area contributed by atoms with Gasteiger partial charge in [0.1, 0.15) is 0 Å². The van der Waals surface area contributed by atoms with Crippen molar-refractivity contribution in [3.8, 4) is 0 Å². The van der Waals surface area contributed by atoms with Gasteiger partial charge < -0.3 is 0 Å². The Morgan fingerprint density at radius 2 is 1.84 bits per heavy atom. The number of hydrazone groups is 1. The number of aliphatic imine (C=N–C) groups is 1. The molecule has 0 saturated heterocycles. The summed E-state index contributed by atoms with van der Waals surface area (Å²) in [5, 5.41) is 7.91. The molecule has 0 fully saturated rings. The minimum absolute atomic E-state index is 0.0109. The summed E-state index contributed by atoms with van der Waals surface area (Å²) in [6.07, 6.45) is 0.758. The molecular formula is C19H16ClN3OS. The molecule has 25 heavy (non-hydrogen) atoms. The van der Waals surface area contributed by atoms with Crippen LogP contribution in [0.1, 0.15) is 30.5 Å². The SMILES string of the molecule is CC1SC(N2N=C(c3ccccc3)CC2c2ccc(Cl)cc2)=NC1=O. The summed E-state index contributed by atoms with van der Waals surface area (Å²) in [5.74, 6) is -0.0989. The van der Waals surface area contributed by atoms with Gasteiger partial charge in [-0.25, -0.2) is 5.01 Å². The smallest absolute Gasteiger partial charge is 0.261 e. The van der Waals surface area contributed by atoms with Crippen LogP contribution >= 0.6 is 23.4 Å². The lowest BCUT2D eigenvalue weighted by atomic mass is 9.99. The van der Waals surface area contributed by atoms with Gasteiger partial charge in [0.25, 0.3) is 5.91 Å². The molecule has 2 heterocycles. The van der Waals surface area contributed by atoms with Crippen LogP contribution in [0.5, 0.6) is 0 Å². The van der Waals surface area contributed by atoms with Crippen molar-refractivity contribution in [2.45, 2.75) is 24.6 Å². The minimum atomic E-state index is -0.156. The van der Waals surface area contributed by atoms with E-state index in [1.54, 1.807) is 0 Å². The van der Waals surface area contributed by atoms with Gasteiger partial charge >= 0.3 is 0 Å². The molecular weight excluding hydrogens is 354 g/mol. The molecule has 6 heteroatoms. The van der Waals surface area contributed by atoms with Crippen LogP contribution in [0.4, 0.5) is 0 Å². The Labute approximate surface area is 155 Å². The number of nitrogens with zero attached hydrogens (tertiary/aromatic N) is 3. The Balaban J connectivity index is 1.72. The molecule has 0 saturated carbocycles. The molecule has 0 aliphatic carbocycles. The highest BCUT2D eigenvalue weighted by molar-refractivity contribution is 8.15. The summed E-state index contributed by atoms with van der Waals surface area (Å²) in [7, 11) is 0. The zero-order valence-corrected chi connectivity index (χ0v) is 15.2. The normalized spacial score (nSPS) is 23.0. The number of amides is 1. The standard InChI is InChI=1S/C19H16ClN3OS/c1-12-18(24)21-19(25-12)23-17(14-7-9-15(20)10-8-14)11-16(22-23)13-5-3-2-4-6-13/h2-10,12,17H,11H2,1H3. The van der Waals surface area contributed by atoms with E-state index in [4.69, 9.17) is 16.7 Å². The summed E-state index contributed by atoms with van der Waals surface area (Å²) >= 11 is 7.49. The van der Waals surface area contributed by atoms with E-state index in [9.17, 15) is 4.79 Å². The van der Waals surface area contributed by atoms with E-state index in [-0.39, 0.29) is 17.2 Å². The highest BCUT2D eigenvalue weighted by Crippen LogP contribution is 2.38. The molecule has 4 rings (SSSR count).